The van der Waals surface area contributed by atoms with Crippen molar-refractivity contribution in [3.63, 3.8) is 0 Å². The lowest BCUT2D eigenvalue weighted by Crippen LogP contribution is -2.33. The number of hydrogen-bond donors (Lipinski definition) is 1. The fourth-order valence-corrected chi connectivity index (χ4v) is 2.09. The quantitative estimate of drug-likeness (QED) is 0.905. The van der Waals surface area contributed by atoms with Crippen molar-refractivity contribution >= 4 is 21.8 Å². The van der Waals surface area contributed by atoms with E-state index >= 15 is 0 Å². The maximum absolute atomic E-state index is 11.9. The van der Waals surface area contributed by atoms with Gasteiger partial charge in [0, 0.05) is 17.6 Å². The molecule has 3 nitrogen and oxygen atoms in total. The van der Waals surface area contributed by atoms with Crippen molar-refractivity contribution in [2.24, 2.45) is 0 Å². The largest absolute Gasteiger partial charge is 0.351 e. The third kappa shape index (κ3) is 4.48. The zero-order valence-corrected chi connectivity index (χ0v) is 12.2. The predicted octanol–water partition coefficient (Wildman–Crippen LogP) is 2.44. The van der Waals surface area contributed by atoms with E-state index in [2.05, 4.69) is 33.1 Å². The number of amides is 1. The molecule has 0 bridgehead atoms. The van der Waals surface area contributed by atoms with Gasteiger partial charge >= 0.3 is 0 Å². The molecule has 0 aliphatic carbocycles. The molecular formula is C13H19BrN2O. The number of likely N-dealkylation sites (N-methyl/N-ethyl adjacent to an activating group) is 1. The number of halogens is 1. The van der Waals surface area contributed by atoms with Crippen LogP contribution in [0, 0.1) is 6.92 Å². The third-order valence-electron chi connectivity index (χ3n) is 2.69. The second kappa shape index (κ2) is 6.77. The molecule has 0 aliphatic rings. The normalized spacial score (nSPS) is 10.6. The highest BCUT2D eigenvalue weighted by Crippen LogP contribution is 2.17. The molecule has 4 heteroatoms. The minimum absolute atomic E-state index is 0.0265. The lowest BCUT2D eigenvalue weighted by Gasteiger charge is -2.14. The zero-order chi connectivity index (χ0) is 12.8. The molecule has 0 radical (unpaired) electrons. The van der Waals surface area contributed by atoms with E-state index in [4.69, 9.17) is 0 Å². The van der Waals surface area contributed by atoms with Crippen LogP contribution in [0.2, 0.25) is 0 Å². The van der Waals surface area contributed by atoms with E-state index in [1.807, 2.05) is 32.2 Å². The lowest BCUT2D eigenvalue weighted by molar-refractivity contribution is 0.0949. The third-order valence-corrected chi connectivity index (χ3v) is 3.34. The molecule has 1 rings (SSSR count). The van der Waals surface area contributed by atoms with Crippen molar-refractivity contribution in [3.05, 3.63) is 33.8 Å². The first-order valence-electron chi connectivity index (χ1n) is 5.77. The predicted molar refractivity (Wildman–Crippen MR) is 74.4 cm³/mol. The van der Waals surface area contributed by atoms with Crippen LogP contribution in [0.5, 0.6) is 0 Å². The van der Waals surface area contributed by atoms with Crippen LogP contribution in [0.25, 0.3) is 0 Å². The van der Waals surface area contributed by atoms with Crippen LogP contribution in [0.4, 0.5) is 0 Å². The first-order chi connectivity index (χ1) is 8.04. The number of aryl methyl sites for hydroxylation is 1. The molecule has 0 heterocycles. The summed E-state index contributed by atoms with van der Waals surface area (Å²) < 4.78 is 0.846. The summed E-state index contributed by atoms with van der Waals surface area (Å²) in [7, 11) is 2.04. The monoisotopic (exact) mass is 298 g/mol. The van der Waals surface area contributed by atoms with Gasteiger partial charge in [0.1, 0.15) is 0 Å². The maximum atomic E-state index is 11.9. The Kier molecular flexibility index (Phi) is 5.65. The minimum atomic E-state index is -0.0265. The number of carbonyl (C=O) groups is 1. The van der Waals surface area contributed by atoms with Crippen LogP contribution >= 0.6 is 15.9 Å². The molecule has 0 fully saturated rings. The average molecular weight is 299 g/mol. The Bertz CT molecular complexity index is 393. The smallest absolute Gasteiger partial charge is 0.252 e. The van der Waals surface area contributed by atoms with Crippen molar-refractivity contribution in [2.45, 2.75) is 13.8 Å². The van der Waals surface area contributed by atoms with E-state index in [0.29, 0.717) is 12.1 Å². The van der Waals surface area contributed by atoms with Crippen LogP contribution in [0.15, 0.2) is 22.7 Å². The van der Waals surface area contributed by atoms with Crippen LogP contribution in [-0.4, -0.2) is 37.5 Å². The van der Waals surface area contributed by atoms with Crippen molar-refractivity contribution in [1.29, 1.82) is 0 Å². The van der Waals surface area contributed by atoms with Crippen LogP contribution < -0.4 is 5.32 Å². The molecular weight excluding hydrogens is 280 g/mol. The summed E-state index contributed by atoms with van der Waals surface area (Å²) in [4.78, 5) is 14.0. The maximum Gasteiger partial charge on any atom is 0.252 e. The average Bonchev–Trinajstić information content (AvgIpc) is 2.28. The zero-order valence-electron chi connectivity index (χ0n) is 10.6. The number of hydrogen-bond acceptors (Lipinski definition) is 2. The van der Waals surface area contributed by atoms with E-state index in [0.717, 1.165) is 23.1 Å². The number of nitrogens with zero attached hydrogens (tertiary/aromatic N) is 1. The van der Waals surface area contributed by atoms with E-state index in [9.17, 15) is 4.79 Å². The Morgan fingerprint density at radius 1 is 1.47 bits per heavy atom. The summed E-state index contributed by atoms with van der Waals surface area (Å²) in [5.41, 5.74) is 1.83. The molecule has 0 spiro atoms. The highest BCUT2D eigenvalue weighted by atomic mass is 79.9. The fourth-order valence-electron chi connectivity index (χ4n) is 1.42. The van der Waals surface area contributed by atoms with E-state index in [-0.39, 0.29) is 5.91 Å². The van der Waals surface area contributed by atoms with Gasteiger partial charge in [-0.3, -0.25) is 4.79 Å². The first kappa shape index (κ1) is 14.2. The Labute approximate surface area is 111 Å². The number of nitrogens with one attached hydrogen (secondary N) is 1. The Morgan fingerprint density at radius 2 is 2.18 bits per heavy atom. The van der Waals surface area contributed by atoms with Crippen LogP contribution in [0.3, 0.4) is 0 Å². The van der Waals surface area contributed by atoms with Crippen molar-refractivity contribution in [1.82, 2.24) is 10.2 Å². The Morgan fingerprint density at radius 3 is 2.76 bits per heavy atom. The summed E-state index contributed by atoms with van der Waals surface area (Å²) in [6.45, 7) is 6.63. The standard InChI is InChI=1S/C13H19BrN2O/c1-4-16(3)8-7-15-13(17)11-6-5-10(2)9-12(11)14/h5-6,9H,4,7-8H2,1-3H3,(H,15,17). The SMILES string of the molecule is CCN(C)CCNC(=O)c1ccc(C)cc1Br. The molecule has 0 saturated heterocycles. The fraction of sp³-hybridized carbons (Fsp3) is 0.462. The Hall–Kier alpha value is -0.870. The van der Waals surface area contributed by atoms with E-state index in [1.165, 1.54) is 0 Å². The molecule has 1 aromatic rings. The molecule has 0 atom stereocenters. The molecule has 0 aliphatic heterocycles. The molecule has 94 valence electrons. The van der Waals surface area contributed by atoms with Gasteiger partial charge in [-0.25, -0.2) is 0 Å². The summed E-state index contributed by atoms with van der Waals surface area (Å²) in [6, 6.07) is 5.74. The molecule has 0 aromatic heterocycles. The van der Waals surface area contributed by atoms with Crippen molar-refractivity contribution in [3.8, 4) is 0 Å². The summed E-state index contributed by atoms with van der Waals surface area (Å²) in [5.74, 6) is -0.0265. The highest BCUT2D eigenvalue weighted by Gasteiger charge is 2.09. The van der Waals surface area contributed by atoms with Crippen LogP contribution in [-0.2, 0) is 0 Å². The van der Waals surface area contributed by atoms with Crippen LogP contribution in [0.1, 0.15) is 22.8 Å². The molecule has 1 amide bonds. The lowest BCUT2D eigenvalue weighted by atomic mass is 10.1. The number of benzene rings is 1. The Balaban J connectivity index is 2.52. The van der Waals surface area contributed by atoms with Gasteiger partial charge in [0.05, 0.1) is 5.56 Å². The van der Waals surface area contributed by atoms with E-state index in [1.54, 1.807) is 0 Å². The molecule has 0 unspecified atom stereocenters. The number of carbonyl (C=O) groups excluding carboxylic acids is 1. The van der Waals surface area contributed by atoms with Gasteiger partial charge in [0.15, 0.2) is 0 Å². The minimum Gasteiger partial charge on any atom is -0.351 e. The van der Waals surface area contributed by atoms with Gasteiger partial charge in [0.25, 0.3) is 5.91 Å². The summed E-state index contributed by atoms with van der Waals surface area (Å²) in [6.07, 6.45) is 0. The van der Waals surface area contributed by atoms with Gasteiger partial charge in [-0.15, -0.1) is 0 Å². The molecule has 17 heavy (non-hydrogen) atoms. The molecule has 0 saturated carbocycles. The molecule has 1 N–H and O–H groups in total. The van der Waals surface area contributed by atoms with Gasteiger partial charge in [-0.05, 0) is 54.1 Å². The summed E-state index contributed by atoms with van der Waals surface area (Å²) >= 11 is 3.41. The highest BCUT2D eigenvalue weighted by molar-refractivity contribution is 9.10. The topological polar surface area (TPSA) is 32.3 Å². The van der Waals surface area contributed by atoms with Gasteiger partial charge < -0.3 is 10.2 Å². The first-order valence-corrected chi connectivity index (χ1v) is 6.56. The summed E-state index contributed by atoms with van der Waals surface area (Å²) in [5, 5.41) is 2.91. The van der Waals surface area contributed by atoms with Gasteiger partial charge in [-0.2, -0.15) is 0 Å². The van der Waals surface area contributed by atoms with E-state index < -0.39 is 0 Å². The van der Waals surface area contributed by atoms with Crippen molar-refractivity contribution in [2.75, 3.05) is 26.7 Å². The second-order valence-electron chi connectivity index (χ2n) is 4.14. The number of rotatable bonds is 5. The molecule has 1 aromatic carbocycles. The van der Waals surface area contributed by atoms with Gasteiger partial charge in [-0.1, -0.05) is 13.0 Å². The van der Waals surface area contributed by atoms with Gasteiger partial charge in [0.2, 0.25) is 0 Å². The van der Waals surface area contributed by atoms with Crippen molar-refractivity contribution < 1.29 is 4.79 Å². The second-order valence-corrected chi connectivity index (χ2v) is 4.99.